The average Bonchev–Trinajstić information content (AvgIpc) is 2.31. The maximum Gasteiger partial charge on any atom is 0.173 e. The van der Waals surface area contributed by atoms with Gasteiger partial charge in [0, 0.05) is 17.2 Å². The Bertz CT molecular complexity index is 434. The molecule has 0 saturated heterocycles. The molecule has 0 unspecified atom stereocenters. The van der Waals surface area contributed by atoms with Crippen molar-refractivity contribution in [3.05, 3.63) is 66.0 Å². The number of aromatic nitrogens is 1. The molecule has 0 spiro atoms. The molecule has 0 radical (unpaired) electrons. The normalized spacial score (nSPS) is 10.3. The van der Waals surface area contributed by atoms with Gasteiger partial charge < -0.3 is 0 Å². The van der Waals surface area contributed by atoms with E-state index in [1.54, 1.807) is 0 Å². The quantitative estimate of drug-likeness (QED) is 0.686. The van der Waals surface area contributed by atoms with E-state index in [0.717, 1.165) is 13.0 Å². The molecule has 1 nitrogen and oxygen atoms in total. The van der Waals surface area contributed by atoms with Crippen LogP contribution in [0.1, 0.15) is 24.5 Å². The van der Waals surface area contributed by atoms with Crippen LogP contribution in [0.15, 0.2) is 54.9 Å². The zero-order valence-electron chi connectivity index (χ0n) is 9.76. The van der Waals surface area contributed by atoms with E-state index < -0.39 is 0 Å². The molecule has 0 amide bonds. The van der Waals surface area contributed by atoms with Gasteiger partial charge in [0.2, 0.25) is 0 Å². The highest BCUT2D eigenvalue weighted by molar-refractivity contribution is 5.13. The molecule has 0 saturated carbocycles. The largest absolute Gasteiger partial charge is 0.201 e. The fourth-order valence-corrected chi connectivity index (χ4v) is 1.91. The van der Waals surface area contributed by atoms with Crippen LogP contribution in [-0.2, 0) is 13.0 Å². The summed E-state index contributed by atoms with van der Waals surface area (Å²) in [5, 5.41) is 0. The van der Waals surface area contributed by atoms with Gasteiger partial charge in [-0.05, 0) is 12.5 Å². The number of benzene rings is 1. The molecular formula is C15H18N+. The molecule has 16 heavy (non-hydrogen) atoms. The van der Waals surface area contributed by atoms with Crippen molar-refractivity contribution in [3.63, 3.8) is 0 Å². The zero-order chi connectivity index (χ0) is 11.2. The van der Waals surface area contributed by atoms with Gasteiger partial charge in [-0.1, -0.05) is 43.7 Å². The van der Waals surface area contributed by atoms with Crippen LogP contribution < -0.4 is 4.57 Å². The highest BCUT2D eigenvalue weighted by Crippen LogP contribution is 2.01. The summed E-state index contributed by atoms with van der Waals surface area (Å²) in [4.78, 5) is 0. The number of rotatable bonds is 4. The van der Waals surface area contributed by atoms with Crippen LogP contribution >= 0.6 is 0 Å². The smallest absolute Gasteiger partial charge is 0.173 e. The van der Waals surface area contributed by atoms with Crippen molar-refractivity contribution in [1.82, 2.24) is 0 Å². The van der Waals surface area contributed by atoms with Gasteiger partial charge >= 0.3 is 0 Å². The number of pyridine rings is 1. The first-order valence-corrected chi connectivity index (χ1v) is 5.90. The minimum atomic E-state index is 0.957. The maximum absolute atomic E-state index is 2.25. The van der Waals surface area contributed by atoms with E-state index in [-0.39, 0.29) is 0 Å². The van der Waals surface area contributed by atoms with Crippen molar-refractivity contribution in [2.24, 2.45) is 0 Å². The van der Waals surface area contributed by atoms with Crippen LogP contribution in [0.2, 0.25) is 0 Å². The van der Waals surface area contributed by atoms with E-state index in [4.69, 9.17) is 0 Å². The summed E-state index contributed by atoms with van der Waals surface area (Å²) < 4.78 is 2.25. The van der Waals surface area contributed by atoms with Crippen molar-refractivity contribution in [2.75, 3.05) is 0 Å². The maximum atomic E-state index is 2.25. The van der Waals surface area contributed by atoms with E-state index in [9.17, 15) is 0 Å². The molecule has 1 aromatic heterocycles. The van der Waals surface area contributed by atoms with E-state index in [2.05, 4.69) is 66.3 Å². The van der Waals surface area contributed by atoms with Gasteiger partial charge in [0.1, 0.15) is 0 Å². The first-order valence-electron chi connectivity index (χ1n) is 5.90. The lowest BCUT2D eigenvalue weighted by Crippen LogP contribution is -2.33. The van der Waals surface area contributed by atoms with Gasteiger partial charge in [0.05, 0.1) is 0 Å². The summed E-state index contributed by atoms with van der Waals surface area (Å²) in [6.07, 6.45) is 6.74. The number of aryl methyl sites for hydroxylation is 1. The first-order chi connectivity index (χ1) is 7.88. The Balaban J connectivity index is 2.12. The Hall–Kier alpha value is -1.63. The molecule has 0 aliphatic heterocycles. The second-order valence-corrected chi connectivity index (χ2v) is 4.12. The summed E-state index contributed by atoms with van der Waals surface area (Å²) in [5.74, 6) is 0. The summed E-state index contributed by atoms with van der Waals surface area (Å²) in [7, 11) is 0. The van der Waals surface area contributed by atoms with Gasteiger partial charge in [-0.3, -0.25) is 0 Å². The number of nitrogens with zero attached hydrogens (tertiary/aromatic N) is 1. The van der Waals surface area contributed by atoms with Gasteiger partial charge in [0.25, 0.3) is 0 Å². The molecular weight excluding hydrogens is 194 g/mol. The topological polar surface area (TPSA) is 3.88 Å². The Morgan fingerprint density at radius 1 is 0.938 bits per heavy atom. The zero-order valence-corrected chi connectivity index (χ0v) is 9.76. The van der Waals surface area contributed by atoms with Crippen molar-refractivity contribution in [2.45, 2.75) is 26.3 Å². The van der Waals surface area contributed by atoms with Crippen LogP contribution in [0.5, 0.6) is 0 Å². The molecule has 0 aliphatic carbocycles. The number of hydrogen-bond acceptors (Lipinski definition) is 0. The molecule has 0 aliphatic rings. The Labute approximate surface area is 97.4 Å². The minimum absolute atomic E-state index is 0.957. The van der Waals surface area contributed by atoms with Crippen LogP contribution in [0.4, 0.5) is 0 Å². The SMILES string of the molecule is CCCc1ccc[n+](Cc2ccccc2)c1. The monoisotopic (exact) mass is 212 g/mol. The third-order valence-corrected chi connectivity index (χ3v) is 2.67. The van der Waals surface area contributed by atoms with Gasteiger partial charge in [-0.25, -0.2) is 4.57 Å². The fourth-order valence-electron chi connectivity index (χ4n) is 1.91. The Morgan fingerprint density at radius 2 is 1.69 bits per heavy atom. The lowest BCUT2D eigenvalue weighted by molar-refractivity contribution is -0.688. The molecule has 1 heterocycles. The van der Waals surface area contributed by atoms with Gasteiger partial charge in [-0.2, -0.15) is 0 Å². The Morgan fingerprint density at radius 3 is 2.44 bits per heavy atom. The predicted molar refractivity (Wildman–Crippen MR) is 66.2 cm³/mol. The van der Waals surface area contributed by atoms with Crippen LogP contribution in [0.25, 0.3) is 0 Å². The summed E-state index contributed by atoms with van der Waals surface area (Å²) >= 11 is 0. The van der Waals surface area contributed by atoms with Gasteiger partial charge in [-0.15, -0.1) is 0 Å². The van der Waals surface area contributed by atoms with Gasteiger partial charge in [0.15, 0.2) is 18.9 Å². The average molecular weight is 212 g/mol. The fraction of sp³-hybridized carbons (Fsp3) is 0.267. The van der Waals surface area contributed by atoms with E-state index in [1.807, 2.05) is 0 Å². The van der Waals surface area contributed by atoms with Crippen LogP contribution in [0, 0.1) is 0 Å². The highest BCUT2D eigenvalue weighted by atomic mass is 14.9. The molecule has 0 N–H and O–H groups in total. The third kappa shape index (κ3) is 2.93. The van der Waals surface area contributed by atoms with E-state index >= 15 is 0 Å². The Kier molecular flexibility index (Phi) is 3.71. The summed E-state index contributed by atoms with van der Waals surface area (Å²) in [6.45, 7) is 3.17. The third-order valence-electron chi connectivity index (χ3n) is 2.67. The van der Waals surface area contributed by atoms with Crippen LogP contribution in [0.3, 0.4) is 0 Å². The molecule has 1 aromatic carbocycles. The molecule has 0 atom stereocenters. The van der Waals surface area contributed by atoms with Crippen molar-refractivity contribution < 1.29 is 4.57 Å². The van der Waals surface area contributed by atoms with Crippen molar-refractivity contribution >= 4 is 0 Å². The molecule has 1 heteroatoms. The van der Waals surface area contributed by atoms with Crippen molar-refractivity contribution in [1.29, 1.82) is 0 Å². The van der Waals surface area contributed by atoms with Crippen molar-refractivity contribution in [3.8, 4) is 0 Å². The standard InChI is InChI=1S/C15H18N/c1-2-7-14-10-6-11-16(12-14)13-15-8-4-3-5-9-15/h3-6,8-12H,2,7,13H2,1H3/q+1. The summed E-state index contributed by atoms with van der Waals surface area (Å²) in [5.41, 5.74) is 2.77. The minimum Gasteiger partial charge on any atom is -0.201 e. The van der Waals surface area contributed by atoms with E-state index in [0.29, 0.717) is 0 Å². The molecule has 0 fully saturated rings. The van der Waals surface area contributed by atoms with Crippen LogP contribution in [-0.4, -0.2) is 0 Å². The highest BCUT2D eigenvalue weighted by Gasteiger charge is 2.03. The predicted octanol–water partition coefficient (Wildman–Crippen LogP) is 2.97. The second-order valence-electron chi connectivity index (χ2n) is 4.12. The summed E-state index contributed by atoms with van der Waals surface area (Å²) in [6, 6.07) is 14.9. The molecule has 2 aromatic rings. The lowest BCUT2D eigenvalue weighted by atomic mass is 10.1. The lowest BCUT2D eigenvalue weighted by Gasteiger charge is -2.00. The molecule has 82 valence electrons. The molecule has 0 bridgehead atoms. The van der Waals surface area contributed by atoms with E-state index in [1.165, 1.54) is 17.5 Å². The number of hydrogen-bond donors (Lipinski definition) is 0. The second kappa shape index (κ2) is 5.45. The first kappa shape index (κ1) is 10.9. The molecule has 2 rings (SSSR count).